The number of carbonyl (C=O) groups is 1. The second kappa shape index (κ2) is 7.44. The van der Waals surface area contributed by atoms with Crippen LogP contribution in [0.4, 0.5) is 0 Å². The average molecular weight is 282 g/mol. The predicted octanol–water partition coefficient (Wildman–Crippen LogP) is 3.62. The van der Waals surface area contributed by atoms with Crippen molar-refractivity contribution in [3.63, 3.8) is 0 Å². The Morgan fingerprint density at radius 3 is 2.10 bits per heavy atom. The minimum atomic E-state index is -0.337. The molecule has 20 heavy (non-hydrogen) atoms. The Morgan fingerprint density at radius 2 is 1.70 bits per heavy atom. The van der Waals surface area contributed by atoms with E-state index in [1.54, 1.807) is 0 Å². The van der Waals surface area contributed by atoms with E-state index in [0.29, 0.717) is 18.0 Å². The van der Waals surface area contributed by atoms with Gasteiger partial charge in [-0.25, -0.2) is 0 Å². The Balaban J connectivity index is 2.62. The molecule has 0 aromatic heterocycles. The van der Waals surface area contributed by atoms with Gasteiger partial charge in [0.15, 0.2) is 0 Å². The third-order valence-electron chi connectivity index (χ3n) is 5.00. The van der Waals surface area contributed by atoms with Crippen LogP contribution in [0.2, 0.25) is 0 Å². The van der Waals surface area contributed by atoms with Gasteiger partial charge in [0.1, 0.15) is 0 Å². The summed E-state index contributed by atoms with van der Waals surface area (Å²) in [5.74, 6) is 0.202. The fourth-order valence-corrected chi connectivity index (χ4v) is 3.49. The zero-order valence-corrected chi connectivity index (χ0v) is 13.9. The van der Waals surface area contributed by atoms with Gasteiger partial charge in [0.2, 0.25) is 5.91 Å². The van der Waals surface area contributed by atoms with Gasteiger partial charge in [-0.05, 0) is 43.9 Å². The highest BCUT2D eigenvalue weighted by Gasteiger charge is 2.37. The summed E-state index contributed by atoms with van der Waals surface area (Å²) in [7, 11) is 0. The van der Waals surface area contributed by atoms with Crippen molar-refractivity contribution in [3.05, 3.63) is 0 Å². The lowest BCUT2D eigenvalue weighted by Gasteiger charge is -2.37. The first kappa shape index (κ1) is 17.5. The molecule has 1 amide bonds. The summed E-state index contributed by atoms with van der Waals surface area (Å²) >= 11 is 0. The normalized spacial score (nSPS) is 19.9. The zero-order chi connectivity index (χ0) is 15.2. The molecular weight excluding hydrogens is 248 g/mol. The number of carbonyl (C=O) groups excluding carboxylic acids is 1. The molecule has 0 saturated heterocycles. The van der Waals surface area contributed by atoms with Crippen LogP contribution in [0.15, 0.2) is 0 Å². The first-order chi connectivity index (χ1) is 9.39. The summed E-state index contributed by atoms with van der Waals surface area (Å²) in [4.78, 5) is 12.7. The van der Waals surface area contributed by atoms with Crippen LogP contribution >= 0.6 is 0 Å². The van der Waals surface area contributed by atoms with E-state index in [4.69, 9.17) is 5.73 Å². The second-order valence-corrected chi connectivity index (χ2v) is 7.40. The lowest BCUT2D eigenvalue weighted by molar-refractivity contribution is -0.132. The molecule has 118 valence electrons. The highest BCUT2D eigenvalue weighted by Crippen LogP contribution is 2.36. The van der Waals surface area contributed by atoms with Crippen LogP contribution in [0.1, 0.15) is 79.1 Å². The molecule has 0 aliphatic heterocycles. The van der Waals surface area contributed by atoms with Crippen molar-refractivity contribution < 1.29 is 4.79 Å². The van der Waals surface area contributed by atoms with E-state index >= 15 is 0 Å². The van der Waals surface area contributed by atoms with E-state index in [1.165, 1.54) is 12.8 Å². The van der Waals surface area contributed by atoms with E-state index < -0.39 is 0 Å². The van der Waals surface area contributed by atoms with E-state index in [-0.39, 0.29) is 11.3 Å². The molecule has 0 radical (unpaired) electrons. The van der Waals surface area contributed by atoms with Gasteiger partial charge in [-0.3, -0.25) is 4.79 Å². The molecule has 0 bridgehead atoms. The van der Waals surface area contributed by atoms with Crippen molar-refractivity contribution in [3.8, 4) is 0 Å². The fraction of sp³-hybridized carbons (Fsp3) is 0.941. The quantitative estimate of drug-likeness (QED) is 0.749. The van der Waals surface area contributed by atoms with E-state index in [2.05, 4.69) is 33.0 Å². The van der Waals surface area contributed by atoms with Crippen LogP contribution in [0.25, 0.3) is 0 Å². The Kier molecular flexibility index (Phi) is 6.50. The van der Waals surface area contributed by atoms with Crippen LogP contribution in [-0.2, 0) is 4.79 Å². The molecule has 3 N–H and O–H groups in total. The lowest BCUT2D eigenvalue weighted by Crippen LogP contribution is -2.50. The molecule has 0 aromatic carbocycles. The highest BCUT2D eigenvalue weighted by atomic mass is 16.2. The summed E-state index contributed by atoms with van der Waals surface area (Å²) in [6.45, 7) is 9.39. The van der Waals surface area contributed by atoms with Gasteiger partial charge in [-0.2, -0.15) is 0 Å². The topological polar surface area (TPSA) is 55.1 Å². The van der Waals surface area contributed by atoms with E-state index in [0.717, 1.165) is 38.5 Å². The maximum Gasteiger partial charge on any atom is 0.227 e. The molecule has 3 heteroatoms. The van der Waals surface area contributed by atoms with Crippen molar-refractivity contribution >= 4 is 5.91 Å². The Bertz CT molecular complexity index is 296. The standard InChI is InChI=1S/C17H34N2O/c1-5-9-17(13-18,10-6-2)15(20)19-14-7-11-16(3,4)12-8-14/h14H,5-13,18H2,1-4H3,(H,19,20). The molecule has 0 aromatic rings. The third kappa shape index (κ3) is 4.47. The average Bonchev–Trinajstić information content (AvgIpc) is 2.40. The van der Waals surface area contributed by atoms with Gasteiger partial charge in [0.25, 0.3) is 0 Å². The van der Waals surface area contributed by atoms with Crippen molar-refractivity contribution in [2.24, 2.45) is 16.6 Å². The summed E-state index contributed by atoms with van der Waals surface area (Å²) in [5.41, 5.74) is 6.07. The molecule has 0 heterocycles. The smallest absolute Gasteiger partial charge is 0.227 e. The highest BCUT2D eigenvalue weighted by molar-refractivity contribution is 5.83. The summed E-state index contributed by atoms with van der Waals surface area (Å²) < 4.78 is 0. The summed E-state index contributed by atoms with van der Waals surface area (Å²) in [6, 6.07) is 0.357. The Labute approximate surface area is 125 Å². The first-order valence-corrected chi connectivity index (χ1v) is 8.40. The number of nitrogens with two attached hydrogens (primary N) is 1. The molecular formula is C17H34N2O. The molecule has 0 atom stereocenters. The molecule has 1 aliphatic rings. The third-order valence-corrected chi connectivity index (χ3v) is 5.00. The fourth-order valence-electron chi connectivity index (χ4n) is 3.49. The minimum absolute atomic E-state index is 0.202. The monoisotopic (exact) mass is 282 g/mol. The molecule has 1 rings (SSSR count). The lowest BCUT2D eigenvalue weighted by atomic mass is 9.74. The summed E-state index contributed by atoms with van der Waals surface area (Å²) in [5, 5.41) is 3.30. The number of hydrogen-bond donors (Lipinski definition) is 2. The van der Waals surface area contributed by atoms with Crippen molar-refractivity contribution in [2.75, 3.05) is 6.54 Å². The Morgan fingerprint density at radius 1 is 1.20 bits per heavy atom. The van der Waals surface area contributed by atoms with E-state index in [1.807, 2.05) is 0 Å². The van der Waals surface area contributed by atoms with E-state index in [9.17, 15) is 4.79 Å². The van der Waals surface area contributed by atoms with Crippen LogP contribution in [0, 0.1) is 10.8 Å². The molecule has 3 nitrogen and oxygen atoms in total. The van der Waals surface area contributed by atoms with Gasteiger partial charge in [-0.1, -0.05) is 40.5 Å². The van der Waals surface area contributed by atoms with Gasteiger partial charge in [-0.15, -0.1) is 0 Å². The second-order valence-electron chi connectivity index (χ2n) is 7.40. The van der Waals surface area contributed by atoms with Gasteiger partial charge in [0.05, 0.1) is 5.41 Å². The van der Waals surface area contributed by atoms with Crippen molar-refractivity contribution in [1.29, 1.82) is 0 Å². The maximum atomic E-state index is 12.7. The zero-order valence-electron chi connectivity index (χ0n) is 13.9. The van der Waals surface area contributed by atoms with Crippen molar-refractivity contribution in [1.82, 2.24) is 5.32 Å². The number of amides is 1. The SMILES string of the molecule is CCCC(CN)(CCC)C(=O)NC1CCC(C)(C)CC1. The van der Waals surface area contributed by atoms with Crippen molar-refractivity contribution in [2.45, 2.75) is 85.1 Å². The Hall–Kier alpha value is -0.570. The predicted molar refractivity (Wildman–Crippen MR) is 85.5 cm³/mol. The van der Waals surface area contributed by atoms with Crippen LogP contribution in [-0.4, -0.2) is 18.5 Å². The van der Waals surface area contributed by atoms with Gasteiger partial charge >= 0.3 is 0 Å². The summed E-state index contributed by atoms with van der Waals surface area (Å²) in [6.07, 6.45) is 8.47. The molecule has 1 fully saturated rings. The molecule has 1 saturated carbocycles. The van der Waals surface area contributed by atoms with Gasteiger partial charge < -0.3 is 11.1 Å². The van der Waals surface area contributed by atoms with Crippen LogP contribution in [0.3, 0.4) is 0 Å². The minimum Gasteiger partial charge on any atom is -0.353 e. The first-order valence-electron chi connectivity index (χ1n) is 8.40. The van der Waals surface area contributed by atoms with Crippen LogP contribution < -0.4 is 11.1 Å². The number of hydrogen-bond acceptors (Lipinski definition) is 2. The largest absolute Gasteiger partial charge is 0.353 e. The molecule has 0 spiro atoms. The van der Waals surface area contributed by atoms with Crippen LogP contribution in [0.5, 0.6) is 0 Å². The van der Waals surface area contributed by atoms with Gasteiger partial charge in [0, 0.05) is 12.6 Å². The maximum absolute atomic E-state index is 12.7. The molecule has 1 aliphatic carbocycles. The number of nitrogens with one attached hydrogen (secondary N) is 1. The molecule has 0 unspecified atom stereocenters. The number of rotatable bonds is 7.